The molecule has 1 amide bonds. The van der Waals surface area contributed by atoms with Crippen molar-refractivity contribution >= 4 is 44.9 Å². The molecular weight excluding hydrogens is 405 g/mol. The number of nitrogens with zero attached hydrogens (tertiary/aromatic N) is 3. The zero-order valence-electron chi connectivity index (χ0n) is 14.8. The maximum Gasteiger partial charge on any atom is 0.271 e. The quantitative estimate of drug-likeness (QED) is 0.330. The number of fused-ring (bicyclic) bond motifs is 1. The molecule has 0 fully saturated rings. The predicted octanol–water partition coefficient (Wildman–Crippen LogP) is 3.62. The first-order chi connectivity index (χ1) is 13.5. The third kappa shape index (κ3) is 4.83. The van der Waals surface area contributed by atoms with E-state index in [1.807, 2.05) is 0 Å². The summed E-state index contributed by atoms with van der Waals surface area (Å²) < 4.78 is 20.6. The number of nitro benzene ring substituents is 1. The largest absolute Gasteiger partial charge is 0.383 e. The van der Waals surface area contributed by atoms with E-state index in [1.165, 1.54) is 47.4 Å². The Morgan fingerprint density at radius 1 is 1.32 bits per heavy atom. The van der Waals surface area contributed by atoms with Gasteiger partial charge in [-0.1, -0.05) is 11.3 Å². The van der Waals surface area contributed by atoms with Crippen LogP contribution in [0.5, 0.6) is 0 Å². The Hall–Kier alpha value is -2.56. The number of benzene rings is 2. The second-order valence-electron chi connectivity index (χ2n) is 5.69. The topological polar surface area (TPSA) is 86.7 Å². The molecule has 28 heavy (non-hydrogen) atoms. The molecule has 2 aromatic carbocycles. The van der Waals surface area contributed by atoms with E-state index in [0.29, 0.717) is 23.5 Å². The van der Waals surface area contributed by atoms with Gasteiger partial charge < -0.3 is 9.30 Å². The molecule has 0 saturated heterocycles. The minimum Gasteiger partial charge on any atom is -0.383 e. The van der Waals surface area contributed by atoms with Gasteiger partial charge >= 0.3 is 0 Å². The summed E-state index contributed by atoms with van der Waals surface area (Å²) in [7, 11) is 1.55. The first kappa shape index (κ1) is 20.2. The van der Waals surface area contributed by atoms with Gasteiger partial charge in [-0.05, 0) is 30.3 Å². The fourth-order valence-corrected chi connectivity index (χ4v) is 4.21. The molecule has 1 aromatic heterocycles. The van der Waals surface area contributed by atoms with Crippen molar-refractivity contribution in [3.05, 3.63) is 63.2 Å². The van der Waals surface area contributed by atoms with E-state index in [2.05, 4.69) is 4.99 Å². The van der Waals surface area contributed by atoms with E-state index in [-0.39, 0.29) is 23.2 Å². The molecule has 0 saturated carbocycles. The molecule has 0 N–H and O–H groups in total. The van der Waals surface area contributed by atoms with Crippen LogP contribution in [-0.4, -0.2) is 34.9 Å². The van der Waals surface area contributed by atoms with Crippen LogP contribution < -0.4 is 4.80 Å². The summed E-state index contributed by atoms with van der Waals surface area (Å²) in [6.45, 7) is 0.787. The molecular formula is C18H16FN3O4S2. The van der Waals surface area contributed by atoms with Crippen LogP contribution in [0.15, 0.2) is 52.4 Å². The number of amides is 1. The van der Waals surface area contributed by atoms with Crippen LogP contribution in [0.2, 0.25) is 0 Å². The van der Waals surface area contributed by atoms with Crippen molar-refractivity contribution in [1.29, 1.82) is 0 Å². The Morgan fingerprint density at radius 2 is 2.07 bits per heavy atom. The number of hydrogen-bond acceptors (Lipinski definition) is 6. The van der Waals surface area contributed by atoms with Crippen molar-refractivity contribution in [1.82, 2.24) is 4.57 Å². The smallest absolute Gasteiger partial charge is 0.271 e. The van der Waals surface area contributed by atoms with E-state index in [0.717, 1.165) is 9.60 Å². The molecule has 0 aliphatic heterocycles. The zero-order valence-corrected chi connectivity index (χ0v) is 16.5. The Bertz CT molecular complexity index is 1080. The zero-order chi connectivity index (χ0) is 20.1. The van der Waals surface area contributed by atoms with Crippen LogP contribution >= 0.6 is 23.1 Å². The van der Waals surface area contributed by atoms with Gasteiger partial charge in [0.1, 0.15) is 5.82 Å². The first-order valence-corrected chi connectivity index (χ1v) is 10.0. The molecule has 0 unspecified atom stereocenters. The molecule has 0 aliphatic carbocycles. The van der Waals surface area contributed by atoms with Crippen LogP contribution in [-0.2, 0) is 16.1 Å². The average molecular weight is 421 g/mol. The van der Waals surface area contributed by atoms with Gasteiger partial charge in [-0.2, -0.15) is 4.99 Å². The van der Waals surface area contributed by atoms with E-state index < -0.39 is 4.92 Å². The summed E-state index contributed by atoms with van der Waals surface area (Å²) in [4.78, 5) is 28.3. The molecule has 0 spiro atoms. The lowest BCUT2D eigenvalue weighted by Gasteiger charge is -2.04. The van der Waals surface area contributed by atoms with Gasteiger partial charge in [0, 0.05) is 30.7 Å². The number of rotatable bonds is 7. The van der Waals surface area contributed by atoms with Crippen LogP contribution in [0.1, 0.15) is 0 Å². The fourth-order valence-electron chi connectivity index (χ4n) is 2.47. The van der Waals surface area contributed by atoms with Crippen LogP contribution in [0.3, 0.4) is 0 Å². The van der Waals surface area contributed by atoms with Gasteiger partial charge in [-0.15, -0.1) is 11.8 Å². The highest BCUT2D eigenvalue weighted by Crippen LogP contribution is 2.23. The summed E-state index contributed by atoms with van der Waals surface area (Å²) in [5.74, 6) is -0.579. The Kier molecular flexibility index (Phi) is 6.55. The number of carbonyl (C=O) groups excluding carboxylic acids is 1. The summed E-state index contributed by atoms with van der Waals surface area (Å²) in [6, 6.07) is 10.4. The molecule has 1 heterocycles. The summed E-state index contributed by atoms with van der Waals surface area (Å²) >= 11 is 2.55. The SMILES string of the molecule is COCCn1c(=NC(=O)CSc2ccc(F)cc2)sc2ccc([N+](=O)[O-])cc21. The number of aromatic nitrogens is 1. The minimum atomic E-state index is -0.459. The highest BCUT2D eigenvalue weighted by molar-refractivity contribution is 8.00. The van der Waals surface area contributed by atoms with Crippen molar-refractivity contribution in [2.75, 3.05) is 19.5 Å². The van der Waals surface area contributed by atoms with Gasteiger partial charge in [0.05, 0.1) is 27.5 Å². The lowest BCUT2D eigenvalue weighted by atomic mass is 10.3. The fraction of sp³-hybridized carbons (Fsp3) is 0.222. The molecule has 0 atom stereocenters. The second kappa shape index (κ2) is 9.09. The lowest BCUT2D eigenvalue weighted by molar-refractivity contribution is -0.384. The monoisotopic (exact) mass is 421 g/mol. The number of thioether (sulfide) groups is 1. The van der Waals surface area contributed by atoms with E-state index >= 15 is 0 Å². The van der Waals surface area contributed by atoms with Gasteiger partial charge in [-0.3, -0.25) is 14.9 Å². The number of halogens is 1. The van der Waals surface area contributed by atoms with Crippen LogP contribution in [0.25, 0.3) is 10.2 Å². The van der Waals surface area contributed by atoms with Crippen LogP contribution in [0.4, 0.5) is 10.1 Å². The number of hydrogen-bond donors (Lipinski definition) is 0. The number of ether oxygens (including phenoxy) is 1. The molecule has 0 aliphatic rings. The third-order valence-electron chi connectivity index (χ3n) is 3.79. The van der Waals surface area contributed by atoms with Gasteiger partial charge in [0.25, 0.3) is 11.6 Å². The van der Waals surface area contributed by atoms with Crippen molar-refractivity contribution < 1.29 is 18.8 Å². The average Bonchev–Trinajstić information content (AvgIpc) is 3.01. The summed E-state index contributed by atoms with van der Waals surface area (Å²) in [6.07, 6.45) is 0. The number of non-ortho nitro benzene ring substituents is 1. The maximum absolute atomic E-state index is 13.0. The van der Waals surface area contributed by atoms with E-state index in [9.17, 15) is 19.3 Å². The molecule has 0 bridgehead atoms. The summed E-state index contributed by atoms with van der Waals surface area (Å²) in [5, 5.41) is 11.1. The van der Waals surface area contributed by atoms with Crippen molar-refractivity contribution in [3.63, 3.8) is 0 Å². The number of thiazole rings is 1. The van der Waals surface area contributed by atoms with Gasteiger partial charge in [0.2, 0.25) is 0 Å². The number of carbonyl (C=O) groups is 1. The molecule has 10 heteroatoms. The molecule has 3 rings (SSSR count). The Balaban J connectivity index is 1.89. The van der Waals surface area contributed by atoms with Crippen molar-refractivity contribution in [3.8, 4) is 0 Å². The normalized spacial score (nSPS) is 11.9. The second-order valence-corrected chi connectivity index (χ2v) is 7.74. The predicted molar refractivity (Wildman–Crippen MR) is 106 cm³/mol. The highest BCUT2D eigenvalue weighted by Gasteiger charge is 2.13. The summed E-state index contributed by atoms with van der Waals surface area (Å²) in [5.41, 5.74) is 0.607. The van der Waals surface area contributed by atoms with Crippen molar-refractivity contribution in [2.24, 2.45) is 4.99 Å². The van der Waals surface area contributed by atoms with Gasteiger partial charge in [0.15, 0.2) is 4.80 Å². The maximum atomic E-state index is 13.0. The molecule has 0 radical (unpaired) electrons. The van der Waals surface area contributed by atoms with Crippen molar-refractivity contribution in [2.45, 2.75) is 11.4 Å². The minimum absolute atomic E-state index is 0.0267. The molecule has 7 nitrogen and oxygen atoms in total. The van der Waals surface area contributed by atoms with Gasteiger partial charge in [-0.25, -0.2) is 4.39 Å². The van der Waals surface area contributed by atoms with E-state index in [4.69, 9.17) is 4.74 Å². The molecule has 146 valence electrons. The lowest BCUT2D eigenvalue weighted by Crippen LogP contribution is -2.19. The van der Waals surface area contributed by atoms with E-state index in [1.54, 1.807) is 29.9 Å². The van der Waals surface area contributed by atoms with Crippen LogP contribution in [0, 0.1) is 15.9 Å². The standard InChI is InChI=1S/C18H16FN3O4S2/c1-26-9-8-21-15-10-13(22(24)25)4-7-16(15)28-18(21)20-17(23)11-27-14-5-2-12(19)3-6-14/h2-7,10H,8-9,11H2,1H3. The number of methoxy groups -OCH3 is 1. The highest BCUT2D eigenvalue weighted by atomic mass is 32.2. The molecule has 3 aromatic rings. The Morgan fingerprint density at radius 3 is 2.75 bits per heavy atom. The third-order valence-corrected chi connectivity index (χ3v) is 5.85. The Labute approximate surface area is 167 Å². The first-order valence-electron chi connectivity index (χ1n) is 8.20. The number of nitro groups is 1.